The van der Waals surface area contributed by atoms with Crippen molar-refractivity contribution < 1.29 is 34.0 Å². The van der Waals surface area contributed by atoms with Gasteiger partial charge in [-0.3, -0.25) is 0 Å². The third-order valence-electron chi connectivity index (χ3n) is 8.13. The maximum atomic E-state index is 2.32. The second-order valence-corrected chi connectivity index (χ2v) is 17.9. The van der Waals surface area contributed by atoms with Crippen molar-refractivity contribution in [1.82, 2.24) is 0 Å². The molecule has 0 aliphatic carbocycles. The van der Waals surface area contributed by atoms with E-state index in [1.807, 2.05) is 0 Å². The van der Waals surface area contributed by atoms with Gasteiger partial charge in [-0.1, -0.05) is 109 Å². The Labute approximate surface area is 286 Å². The van der Waals surface area contributed by atoms with Crippen LogP contribution in [0.4, 0.5) is 0 Å². The van der Waals surface area contributed by atoms with Crippen molar-refractivity contribution in [2.45, 2.75) is 13.8 Å². The van der Waals surface area contributed by atoms with Gasteiger partial charge in [0.2, 0.25) is 0 Å². The van der Waals surface area contributed by atoms with Crippen LogP contribution in [-0.2, 0) is 0 Å². The van der Waals surface area contributed by atoms with E-state index in [4.69, 9.17) is 0 Å². The molecule has 0 amide bonds. The zero-order valence-electron chi connectivity index (χ0n) is 25.4. The van der Waals surface area contributed by atoms with E-state index in [1.165, 1.54) is 31.8 Å². The lowest BCUT2D eigenvalue weighted by molar-refractivity contribution is -0.001000. The number of rotatable bonds is 8. The van der Waals surface area contributed by atoms with Gasteiger partial charge in [0.1, 0.15) is 46.4 Å². The Morgan fingerprint density at radius 1 is 0.273 bits per heavy atom. The average molecular weight is 743 g/mol. The van der Waals surface area contributed by atoms with Crippen LogP contribution >= 0.6 is 14.5 Å². The highest BCUT2D eigenvalue weighted by molar-refractivity contribution is 7.96. The summed E-state index contributed by atoms with van der Waals surface area (Å²) in [4.78, 5) is 0. The topological polar surface area (TPSA) is 0 Å². The fraction of sp³-hybridized carbons (Fsp3) is 0.100. The molecule has 0 fully saturated rings. The first-order valence-corrected chi connectivity index (χ1v) is 18.8. The molecule has 4 heteroatoms. The fourth-order valence-electron chi connectivity index (χ4n) is 6.08. The summed E-state index contributed by atoms with van der Waals surface area (Å²) < 4.78 is 0. The average Bonchev–Trinajstić information content (AvgIpc) is 3.09. The molecule has 6 aromatic rings. The Bertz CT molecular complexity index is 1290. The van der Waals surface area contributed by atoms with Gasteiger partial charge in [0, 0.05) is 0 Å². The number of hydrogen-bond donors (Lipinski definition) is 0. The van der Waals surface area contributed by atoms with Crippen LogP contribution in [0.15, 0.2) is 182 Å². The van der Waals surface area contributed by atoms with Crippen molar-refractivity contribution in [2.24, 2.45) is 0 Å². The summed E-state index contributed by atoms with van der Waals surface area (Å²) in [6, 6.07) is 66.0. The predicted molar refractivity (Wildman–Crippen MR) is 191 cm³/mol. The third-order valence-corrected chi connectivity index (χ3v) is 17.1. The molecule has 0 aliphatic rings. The van der Waals surface area contributed by atoms with Crippen LogP contribution in [-0.4, -0.2) is 12.3 Å². The maximum Gasteiger partial charge on any atom is 0.111 e. The lowest BCUT2D eigenvalue weighted by Crippen LogP contribution is -3.00. The van der Waals surface area contributed by atoms with E-state index in [0.717, 1.165) is 12.3 Å². The summed E-state index contributed by atoms with van der Waals surface area (Å²) in [6.07, 6.45) is 2.29. The molecule has 224 valence electrons. The monoisotopic (exact) mass is 740 g/mol. The molecule has 0 unspecified atom stereocenters. The van der Waals surface area contributed by atoms with Gasteiger partial charge in [-0.15, -0.1) is 0 Å². The van der Waals surface area contributed by atoms with Crippen LogP contribution < -0.4 is 65.8 Å². The molecule has 0 radical (unpaired) electrons. The summed E-state index contributed by atoms with van der Waals surface area (Å²) in [5.41, 5.74) is 0. The lowest BCUT2D eigenvalue weighted by Gasteiger charge is -2.26. The maximum absolute atomic E-state index is 2.32. The Morgan fingerprint density at radius 3 is 0.523 bits per heavy atom. The van der Waals surface area contributed by atoms with E-state index in [2.05, 4.69) is 196 Å². The molecule has 44 heavy (non-hydrogen) atoms. The Balaban J connectivity index is 0.000000230. The molecular weight excluding hydrogens is 702 g/mol. The molecule has 0 aromatic heterocycles. The van der Waals surface area contributed by atoms with E-state index >= 15 is 0 Å². The zero-order chi connectivity index (χ0) is 29.1. The van der Waals surface area contributed by atoms with Crippen molar-refractivity contribution in [1.29, 1.82) is 0 Å². The predicted octanol–water partition coefficient (Wildman–Crippen LogP) is 2.01. The minimum Gasteiger partial charge on any atom is -1.00 e. The molecule has 0 heterocycles. The molecule has 0 spiro atoms. The van der Waals surface area contributed by atoms with Crippen molar-refractivity contribution >= 4 is 46.4 Å². The molecule has 6 aromatic carbocycles. The summed E-state index contributed by atoms with van der Waals surface area (Å²) in [6.45, 7) is 4.64. The zero-order valence-corrected chi connectivity index (χ0v) is 30.3. The molecule has 0 N–H and O–H groups in total. The highest BCUT2D eigenvalue weighted by Gasteiger charge is 2.44. The van der Waals surface area contributed by atoms with Crippen molar-refractivity contribution in [3.63, 3.8) is 0 Å². The Morgan fingerprint density at radius 2 is 0.409 bits per heavy atom. The molecule has 0 bridgehead atoms. The molecule has 0 nitrogen and oxygen atoms in total. The van der Waals surface area contributed by atoms with E-state index in [-0.39, 0.29) is 34.0 Å². The van der Waals surface area contributed by atoms with Crippen molar-refractivity contribution in [2.75, 3.05) is 12.3 Å². The molecule has 0 saturated carbocycles. The first-order chi connectivity index (χ1) is 20.8. The molecule has 0 atom stereocenters. The van der Waals surface area contributed by atoms with E-state index in [0.29, 0.717) is 0 Å². The fourth-order valence-corrected chi connectivity index (χ4v) is 14.2. The summed E-state index contributed by atoms with van der Waals surface area (Å²) in [5.74, 6) is 0. The van der Waals surface area contributed by atoms with Crippen LogP contribution in [0.3, 0.4) is 0 Å². The van der Waals surface area contributed by atoms with Crippen LogP contribution in [0.1, 0.15) is 13.8 Å². The highest BCUT2D eigenvalue weighted by atomic mass is 79.9. The standard InChI is InChI=1S/2C20H20P.2BrH/c2*1-2-21(18-12-6-3-7-13-18,19-14-8-4-9-15-19)20-16-10-5-11-17-20;;/h2*3-17H,2H2,1H3;2*1H/q2*+1;;/p-2. The Kier molecular flexibility index (Phi) is 14.2. The normalized spacial score (nSPS) is 10.8. The summed E-state index contributed by atoms with van der Waals surface area (Å²) in [5, 5.41) is 8.78. The van der Waals surface area contributed by atoms with Gasteiger partial charge >= 0.3 is 0 Å². The van der Waals surface area contributed by atoms with Crippen LogP contribution in [0, 0.1) is 0 Å². The first-order valence-electron chi connectivity index (χ1n) is 14.9. The van der Waals surface area contributed by atoms with Gasteiger partial charge in [-0.25, -0.2) is 0 Å². The van der Waals surface area contributed by atoms with Gasteiger partial charge in [0.05, 0.1) is 12.3 Å². The minimum absolute atomic E-state index is 0. The van der Waals surface area contributed by atoms with E-state index in [1.54, 1.807) is 0 Å². The summed E-state index contributed by atoms with van der Waals surface area (Å²) in [7, 11) is -3.07. The third kappa shape index (κ3) is 7.50. The number of hydrogen-bond acceptors (Lipinski definition) is 0. The Hall–Kier alpha value is -2.86. The minimum atomic E-state index is -1.53. The number of halogens is 2. The first kappa shape index (κ1) is 35.6. The molecular formula is C40H40Br2P2. The lowest BCUT2D eigenvalue weighted by atomic mass is 10.4. The van der Waals surface area contributed by atoms with Crippen molar-refractivity contribution in [3.8, 4) is 0 Å². The van der Waals surface area contributed by atoms with Crippen LogP contribution in [0.5, 0.6) is 0 Å². The van der Waals surface area contributed by atoms with Gasteiger partial charge in [-0.05, 0) is 86.6 Å². The van der Waals surface area contributed by atoms with E-state index < -0.39 is 14.5 Å². The second kappa shape index (κ2) is 17.6. The molecule has 6 rings (SSSR count). The second-order valence-electron chi connectivity index (χ2n) is 10.3. The van der Waals surface area contributed by atoms with Crippen LogP contribution in [0.25, 0.3) is 0 Å². The largest absolute Gasteiger partial charge is 1.00 e. The summed E-state index contributed by atoms with van der Waals surface area (Å²) >= 11 is 0. The highest BCUT2D eigenvalue weighted by Crippen LogP contribution is 2.55. The molecule has 0 aliphatic heterocycles. The molecule has 0 saturated heterocycles. The number of benzene rings is 6. The van der Waals surface area contributed by atoms with Gasteiger partial charge in [0.15, 0.2) is 0 Å². The van der Waals surface area contributed by atoms with Gasteiger partial charge in [-0.2, -0.15) is 0 Å². The SMILES string of the molecule is CC[P+](c1ccccc1)(c1ccccc1)c1ccccc1.CC[P+](c1ccccc1)(c1ccccc1)c1ccccc1.[Br-].[Br-]. The van der Waals surface area contributed by atoms with Crippen molar-refractivity contribution in [3.05, 3.63) is 182 Å². The van der Waals surface area contributed by atoms with E-state index in [9.17, 15) is 0 Å². The smallest absolute Gasteiger partial charge is 0.111 e. The van der Waals surface area contributed by atoms with Crippen LogP contribution in [0.2, 0.25) is 0 Å². The van der Waals surface area contributed by atoms with Gasteiger partial charge < -0.3 is 34.0 Å². The van der Waals surface area contributed by atoms with Gasteiger partial charge in [0.25, 0.3) is 0 Å². The quantitative estimate of drug-likeness (QED) is 0.210.